The van der Waals surface area contributed by atoms with Crippen LogP contribution in [0.5, 0.6) is 0 Å². The van der Waals surface area contributed by atoms with Crippen LogP contribution in [0.1, 0.15) is 23.0 Å². The van der Waals surface area contributed by atoms with Gasteiger partial charge >= 0.3 is 5.97 Å². The van der Waals surface area contributed by atoms with Gasteiger partial charge in [0.1, 0.15) is 11.3 Å². The summed E-state index contributed by atoms with van der Waals surface area (Å²) in [5.74, 6) is -0.148. The second-order valence-electron chi connectivity index (χ2n) is 2.37. The van der Waals surface area contributed by atoms with E-state index in [1.54, 1.807) is 6.92 Å². The Hall–Kier alpha value is -1.94. The van der Waals surface area contributed by atoms with Crippen molar-refractivity contribution in [2.45, 2.75) is 13.5 Å². The smallest absolute Gasteiger partial charge is 0.341 e. The maximum atomic E-state index is 11.3. The predicted molar refractivity (Wildman–Crippen MR) is 47.5 cm³/mol. The zero-order valence-corrected chi connectivity index (χ0v) is 7.64. The molecule has 0 radical (unpaired) electrons. The number of azide groups is 1. The second-order valence-corrected chi connectivity index (χ2v) is 2.37. The van der Waals surface area contributed by atoms with Gasteiger partial charge < -0.3 is 9.15 Å². The summed E-state index contributed by atoms with van der Waals surface area (Å²) in [5, 5.41) is 3.30. The Morgan fingerprint density at radius 2 is 2.57 bits per heavy atom. The molecule has 0 N–H and O–H groups in total. The lowest BCUT2D eigenvalue weighted by atomic mass is 10.2. The van der Waals surface area contributed by atoms with Crippen molar-refractivity contribution in [3.63, 3.8) is 0 Å². The van der Waals surface area contributed by atoms with Gasteiger partial charge in [0.15, 0.2) is 0 Å². The Balaban J connectivity index is 2.80. The lowest BCUT2D eigenvalue weighted by molar-refractivity contribution is 0.0524. The molecule has 6 heteroatoms. The minimum absolute atomic E-state index is 0.0116. The third-order valence-electron chi connectivity index (χ3n) is 1.52. The Labute approximate surface area is 80.1 Å². The second kappa shape index (κ2) is 4.94. The molecule has 0 spiro atoms. The molecule has 6 nitrogen and oxygen atoms in total. The molecule has 14 heavy (non-hydrogen) atoms. The standard InChI is InChI=1S/C8H9N3O3/c1-2-13-8(12)6-3-4-14-7(6)5-10-11-9/h3-4H,2,5H2,1H3. The van der Waals surface area contributed by atoms with Gasteiger partial charge in [0.2, 0.25) is 0 Å². The maximum Gasteiger partial charge on any atom is 0.341 e. The number of ether oxygens (including phenoxy) is 1. The van der Waals surface area contributed by atoms with Crippen LogP contribution in [-0.4, -0.2) is 12.6 Å². The summed E-state index contributed by atoms with van der Waals surface area (Å²) in [4.78, 5) is 13.8. The molecule has 0 fully saturated rings. The lowest BCUT2D eigenvalue weighted by Crippen LogP contribution is -2.05. The summed E-state index contributed by atoms with van der Waals surface area (Å²) in [6.45, 7) is 2.02. The molecular formula is C8H9N3O3. The molecule has 0 unspecified atom stereocenters. The Kier molecular flexibility index (Phi) is 3.58. The number of hydrogen-bond acceptors (Lipinski definition) is 4. The third kappa shape index (κ3) is 2.27. The lowest BCUT2D eigenvalue weighted by Gasteiger charge is -1.99. The van der Waals surface area contributed by atoms with Gasteiger partial charge in [-0.05, 0) is 18.5 Å². The van der Waals surface area contributed by atoms with Gasteiger partial charge in [-0.15, -0.1) is 0 Å². The molecule has 0 bridgehead atoms. The normalized spacial score (nSPS) is 9.21. The van der Waals surface area contributed by atoms with E-state index in [1.165, 1.54) is 12.3 Å². The fourth-order valence-corrected chi connectivity index (χ4v) is 0.950. The molecule has 1 rings (SSSR count). The molecule has 0 saturated heterocycles. The Bertz CT molecular complexity index is 366. The molecular weight excluding hydrogens is 186 g/mol. The fourth-order valence-electron chi connectivity index (χ4n) is 0.950. The van der Waals surface area contributed by atoms with Gasteiger partial charge in [0.25, 0.3) is 0 Å². The van der Waals surface area contributed by atoms with Gasteiger partial charge in [-0.25, -0.2) is 4.79 Å². The highest BCUT2D eigenvalue weighted by atomic mass is 16.5. The number of carbonyl (C=O) groups is 1. The molecule has 0 atom stereocenters. The van der Waals surface area contributed by atoms with Crippen LogP contribution in [0.2, 0.25) is 0 Å². The van der Waals surface area contributed by atoms with E-state index in [4.69, 9.17) is 14.7 Å². The topological polar surface area (TPSA) is 88.2 Å². The number of rotatable bonds is 4. The summed E-state index contributed by atoms with van der Waals surface area (Å²) >= 11 is 0. The zero-order chi connectivity index (χ0) is 10.4. The van der Waals surface area contributed by atoms with Crippen LogP contribution in [0.3, 0.4) is 0 Å². The summed E-state index contributed by atoms with van der Waals surface area (Å²) in [5.41, 5.74) is 8.40. The van der Waals surface area contributed by atoms with Crippen molar-refractivity contribution in [3.8, 4) is 0 Å². The molecule has 0 saturated carbocycles. The first kappa shape index (κ1) is 10.1. The van der Waals surface area contributed by atoms with E-state index in [9.17, 15) is 4.79 Å². The zero-order valence-electron chi connectivity index (χ0n) is 7.64. The summed E-state index contributed by atoms with van der Waals surface area (Å²) in [6.07, 6.45) is 1.36. The van der Waals surface area contributed by atoms with Crippen molar-refractivity contribution < 1.29 is 13.9 Å². The van der Waals surface area contributed by atoms with E-state index in [0.29, 0.717) is 17.9 Å². The average Bonchev–Trinajstić information content (AvgIpc) is 2.63. The first-order chi connectivity index (χ1) is 6.79. The van der Waals surface area contributed by atoms with Gasteiger partial charge in [-0.1, -0.05) is 5.11 Å². The molecule has 0 amide bonds. The van der Waals surface area contributed by atoms with Gasteiger partial charge in [0.05, 0.1) is 19.4 Å². The van der Waals surface area contributed by atoms with Crippen molar-refractivity contribution in [3.05, 3.63) is 34.1 Å². The number of nitrogens with zero attached hydrogens (tertiary/aromatic N) is 3. The van der Waals surface area contributed by atoms with Gasteiger partial charge in [-0.3, -0.25) is 0 Å². The largest absolute Gasteiger partial charge is 0.468 e. The highest BCUT2D eigenvalue weighted by molar-refractivity contribution is 5.90. The van der Waals surface area contributed by atoms with E-state index < -0.39 is 5.97 Å². The van der Waals surface area contributed by atoms with Crippen LogP contribution in [0, 0.1) is 0 Å². The van der Waals surface area contributed by atoms with Crippen molar-refractivity contribution in [1.29, 1.82) is 0 Å². The van der Waals surface area contributed by atoms with Crippen molar-refractivity contribution in [2.24, 2.45) is 5.11 Å². The van der Waals surface area contributed by atoms with E-state index in [0.717, 1.165) is 0 Å². The molecule has 0 aliphatic carbocycles. The van der Waals surface area contributed by atoms with Crippen molar-refractivity contribution in [1.82, 2.24) is 0 Å². The Morgan fingerprint density at radius 1 is 1.79 bits per heavy atom. The molecule has 0 aliphatic heterocycles. The van der Waals surface area contributed by atoms with E-state index in [2.05, 4.69) is 10.0 Å². The van der Waals surface area contributed by atoms with E-state index >= 15 is 0 Å². The maximum absolute atomic E-state index is 11.3. The first-order valence-electron chi connectivity index (χ1n) is 4.04. The van der Waals surface area contributed by atoms with Crippen LogP contribution in [0.4, 0.5) is 0 Å². The molecule has 0 aromatic carbocycles. The SMILES string of the molecule is CCOC(=O)c1ccoc1CN=[N+]=[N-]. The highest BCUT2D eigenvalue weighted by Crippen LogP contribution is 2.13. The molecule has 1 aromatic heterocycles. The van der Waals surface area contributed by atoms with Crippen molar-refractivity contribution >= 4 is 5.97 Å². The fraction of sp³-hybridized carbons (Fsp3) is 0.375. The van der Waals surface area contributed by atoms with Gasteiger partial charge in [0, 0.05) is 4.91 Å². The third-order valence-corrected chi connectivity index (χ3v) is 1.52. The summed E-state index contributed by atoms with van der Waals surface area (Å²) in [7, 11) is 0. The molecule has 0 aliphatic rings. The predicted octanol–water partition coefficient (Wildman–Crippen LogP) is 2.27. The summed E-state index contributed by atoms with van der Waals surface area (Å²) in [6, 6.07) is 1.49. The summed E-state index contributed by atoms with van der Waals surface area (Å²) < 4.78 is 9.74. The monoisotopic (exact) mass is 195 g/mol. The highest BCUT2D eigenvalue weighted by Gasteiger charge is 2.14. The van der Waals surface area contributed by atoms with Crippen LogP contribution < -0.4 is 0 Å². The molecule has 1 heterocycles. The van der Waals surface area contributed by atoms with Crippen molar-refractivity contribution in [2.75, 3.05) is 6.61 Å². The number of carbonyl (C=O) groups excluding carboxylic acids is 1. The van der Waals surface area contributed by atoms with E-state index in [-0.39, 0.29) is 6.54 Å². The number of furan rings is 1. The minimum Gasteiger partial charge on any atom is -0.468 e. The minimum atomic E-state index is -0.468. The molecule has 74 valence electrons. The van der Waals surface area contributed by atoms with Crippen LogP contribution in [0.25, 0.3) is 10.4 Å². The number of hydrogen-bond donors (Lipinski definition) is 0. The van der Waals surface area contributed by atoms with Crippen LogP contribution in [0.15, 0.2) is 21.9 Å². The average molecular weight is 195 g/mol. The van der Waals surface area contributed by atoms with Crippen LogP contribution in [-0.2, 0) is 11.3 Å². The Morgan fingerprint density at radius 3 is 3.21 bits per heavy atom. The number of esters is 1. The molecule has 1 aromatic rings. The first-order valence-corrected chi connectivity index (χ1v) is 4.04. The van der Waals surface area contributed by atoms with E-state index in [1.807, 2.05) is 0 Å². The van der Waals surface area contributed by atoms with Gasteiger partial charge in [-0.2, -0.15) is 0 Å². The quantitative estimate of drug-likeness (QED) is 0.319. The van der Waals surface area contributed by atoms with Crippen LogP contribution >= 0.6 is 0 Å².